The van der Waals surface area contributed by atoms with Crippen molar-refractivity contribution in [1.29, 1.82) is 0 Å². The molecule has 0 radical (unpaired) electrons. The fraction of sp³-hybridized carbons (Fsp3) is 0.438. The zero-order valence-electron chi connectivity index (χ0n) is 12.4. The molecule has 0 aliphatic carbocycles. The number of hydrogen-bond donors (Lipinski definition) is 1. The summed E-state index contributed by atoms with van der Waals surface area (Å²) in [5, 5.41) is 3.43. The van der Waals surface area contributed by atoms with Crippen LogP contribution in [-0.2, 0) is 6.54 Å². The predicted molar refractivity (Wildman–Crippen MR) is 86.9 cm³/mol. The Morgan fingerprint density at radius 1 is 1.41 bits per heavy atom. The van der Waals surface area contributed by atoms with Crippen LogP contribution >= 0.6 is 15.9 Å². The smallest absolute Gasteiger partial charge is 0.185 e. The Morgan fingerprint density at radius 2 is 2.23 bits per heavy atom. The highest BCUT2D eigenvalue weighted by atomic mass is 79.9. The number of piperidine rings is 1. The first-order valence-corrected chi connectivity index (χ1v) is 8.27. The lowest BCUT2D eigenvalue weighted by Gasteiger charge is -2.20. The molecule has 1 unspecified atom stereocenters. The summed E-state index contributed by atoms with van der Waals surface area (Å²) >= 11 is 3.02. The summed E-state index contributed by atoms with van der Waals surface area (Å²) in [7, 11) is 0. The highest BCUT2D eigenvalue weighted by Gasteiger charge is 2.18. The van der Waals surface area contributed by atoms with Crippen LogP contribution in [0.1, 0.15) is 25.1 Å². The van der Waals surface area contributed by atoms with Gasteiger partial charge in [0.05, 0.1) is 9.99 Å². The fourth-order valence-electron chi connectivity index (χ4n) is 2.91. The van der Waals surface area contributed by atoms with Gasteiger partial charge in [0.15, 0.2) is 11.6 Å². The third-order valence-corrected chi connectivity index (χ3v) is 4.64. The molecule has 1 aromatic carbocycles. The molecule has 2 heterocycles. The number of aromatic nitrogens is 2. The van der Waals surface area contributed by atoms with E-state index in [1.54, 1.807) is 11.5 Å². The normalized spacial score (nSPS) is 19.4. The van der Waals surface area contributed by atoms with E-state index in [9.17, 15) is 8.78 Å². The van der Waals surface area contributed by atoms with Crippen molar-refractivity contribution < 1.29 is 8.78 Å². The number of nitrogens with zero attached hydrogens (tertiary/aromatic N) is 2. The SMILES string of the molecule is Cc1nc2cc(Br)c(F)c(F)c2n1C/C=C/C1CCCCN1. The largest absolute Gasteiger partial charge is 0.322 e. The first-order valence-electron chi connectivity index (χ1n) is 7.48. The minimum absolute atomic E-state index is 0.101. The Morgan fingerprint density at radius 3 is 2.95 bits per heavy atom. The van der Waals surface area contributed by atoms with Crippen molar-refractivity contribution in [2.45, 2.75) is 38.8 Å². The molecule has 1 N–H and O–H groups in total. The molecule has 1 aliphatic heterocycles. The third-order valence-electron chi connectivity index (χ3n) is 4.06. The number of imidazole rings is 1. The molecule has 1 atom stereocenters. The van der Waals surface area contributed by atoms with E-state index >= 15 is 0 Å². The zero-order valence-corrected chi connectivity index (χ0v) is 14.0. The van der Waals surface area contributed by atoms with Crippen molar-refractivity contribution in [1.82, 2.24) is 14.9 Å². The van der Waals surface area contributed by atoms with E-state index in [-0.39, 0.29) is 9.99 Å². The van der Waals surface area contributed by atoms with Crippen LogP contribution < -0.4 is 5.32 Å². The number of rotatable bonds is 3. The lowest BCUT2D eigenvalue weighted by atomic mass is 10.0. The van der Waals surface area contributed by atoms with E-state index in [0.717, 1.165) is 13.0 Å². The van der Waals surface area contributed by atoms with Gasteiger partial charge < -0.3 is 9.88 Å². The van der Waals surface area contributed by atoms with Gasteiger partial charge in [-0.2, -0.15) is 0 Å². The highest BCUT2D eigenvalue weighted by Crippen LogP contribution is 2.27. The van der Waals surface area contributed by atoms with Crippen LogP contribution in [0.5, 0.6) is 0 Å². The summed E-state index contributed by atoms with van der Waals surface area (Å²) in [4.78, 5) is 4.32. The van der Waals surface area contributed by atoms with E-state index in [1.807, 2.05) is 6.08 Å². The molecule has 1 aromatic heterocycles. The van der Waals surface area contributed by atoms with Crippen molar-refractivity contribution >= 4 is 27.0 Å². The lowest BCUT2D eigenvalue weighted by Crippen LogP contribution is -2.32. The second-order valence-corrected chi connectivity index (χ2v) is 6.46. The first-order chi connectivity index (χ1) is 10.6. The summed E-state index contributed by atoms with van der Waals surface area (Å²) in [5.41, 5.74) is 0.687. The molecule has 0 spiro atoms. The fourth-order valence-corrected chi connectivity index (χ4v) is 3.30. The molecule has 1 fully saturated rings. The topological polar surface area (TPSA) is 29.9 Å². The van der Waals surface area contributed by atoms with Gasteiger partial charge in [-0.05, 0) is 48.3 Å². The Hall–Kier alpha value is -1.27. The molecule has 3 nitrogen and oxygen atoms in total. The maximum absolute atomic E-state index is 14.2. The molecule has 22 heavy (non-hydrogen) atoms. The van der Waals surface area contributed by atoms with E-state index in [0.29, 0.717) is 23.9 Å². The van der Waals surface area contributed by atoms with Gasteiger partial charge in [0.1, 0.15) is 11.3 Å². The van der Waals surface area contributed by atoms with Crippen LogP contribution in [0.4, 0.5) is 8.78 Å². The van der Waals surface area contributed by atoms with Crippen LogP contribution in [0.25, 0.3) is 11.0 Å². The molecule has 6 heteroatoms. The number of halogens is 3. The summed E-state index contributed by atoms with van der Waals surface area (Å²) in [5.74, 6) is -1.05. The van der Waals surface area contributed by atoms with Crippen molar-refractivity contribution in [3.8, 4) is 0 Å². The van der Waals surface area contributed by atoms with Crippen molar-refractivity contribution in [3.63, 3.8) is 0 Å². The van der Waals surface area contributed by atoms with Crippen LogP contribution in [0.2, 0.25) is 0 Å². The molecule has 0 bridgehead atoms. The Labute approximate surface area is 136 Å². The van der Waals surface area contributed by atoms with Crippen LogP contribution in [0.15, 0.2) is 22.7 Å². The standard InChI is InChI=1S/C16H18BrF2N3/c1-10-21-13-9-12(17)14(18)15(19)16(13)22(10)8-4-6-11-5-2-3-7-20-11/h4,6,9,11,20H,2-3,5,7-8H2,1H3/b6-4+. The molecular weight excluding hydrogens is 352 g/mol. The van der Waals surface area contributed by atoms with Gasteiger partial charge in [-0.1, -0.05) is 18.6 Å². The van der Waals surface area contributed by atoms with Gasteiger partial charge in [0.25, 0.3) is 0 Å². The molecule has 3 rings (SSSR count). The summed E-state index contributed by atoms with van der Waals surface area (Å²) in [6.45, 7) is 3.33. The van der Waals surface area contributed by atoms with Gasteiger partial charge >= 0.3 is 0 Å². The average Bonchev–Trinajstić information content (AvgIpc) is 2.82. The summed E-state index contributed by atoms with van der Waals surface area (Å²) in [6, 6.07) is 1.89. The second-order valence-electron chi connectivity index (χ2n) is 5.61. The summed E-state index contributed by atoms with van der Waals surface area (Å²) < 4.78 is 29.8. The number of fused-ring (bicyclic) bond motifs is 1. The second kappa shape index (κ2) is 6.46. The van der Waals surface area contributed by atoms with Crippen LogP contribution in [0.3, 0.4) is 0 Å². The van der Waals surface area contributed by atoms with E-state index < -0.39 is 11.6 Å². The molecular formula is C16H18BrF2N3. The maximum Gasteiger partial charge on any atom is 0.185 e. The van der Waals surface area contributed by atoms with Crippen molar-refractivity contribution in [2.24, 2.45) is 0 Å². The molecule has 2 aromatic rings. The van der Waals surface area contributed by atoms with E-state index in [1.165, 1.54) is 18.9 Å². The zero-order chi connectivity index (χ0) is 15.7. The maximum atomic E-state index is 14.2. The molecule has 118 valence electrons. The number of benzene rings is 1. The third kappa shape index (κ3) is 2.94. The van der Waals surface area contributed by atoms with E-state index in [4.69, 9.17) is 0 Å². The minimum Gasteiger partial charge on any atom is -0.322 e. The van der Waals surface area contributed by atoms with Crippen LogP contribution in [-0.4, -0.2) is 22.1 Å². The highest BCUT2D eigenvalue weighted by molar-refractivity contribution is 9.10. The number of hydrogen-bond acceptors (Lipinski definition) is 2. The van der Waals surface area contributed by atoms with Crippen molar-refractivity contribution in [2.75, 3.05) is 6.54 Å². The quantitative estimate of drug-likeness (QED) is 0.652. The van der Waals surface area contributed by atoms with E-state index in [2.05, 4.69) is 32.3 Å². The minimum atomic E-state index is -0.869. The van der Waals surface area contributed by atoms with Crippen LogP contribution in [0, 0.1) is 18.6 Å². The Bertz CT molecular complexity index is 718. The van der Waals surface area contributed by atoms with Gasteiger partial charge in [0.2, 0.25) is 0 Å². The lowest BCUT2D eigenvalue weighted by molar-refractivity contribution is 0.453. The first kappa shape index (κ1) is 15.6. The Kier molecular flexibility index (Phi) is 4.59. The monoisotopic (exact) mass is 369 g/mol. The Balaban J connectivity index is 1.88. The van der Waals surface area contributed by atoms with Gasteiger partial charge in [-0.3, -0.25) is 0 Å². The molecule has 0 saturated carbocycles. The number of allylic oxidation sites excluding steroid dienone is 1. The summed E-state index contributed by atoms with van der Waals surface area (Å²) in [6.07, 6.45) is 7.67. The average molecular weight is 370 g/mol. The van der Waals surface area contributed by atoms with Gasteiger partial charge in [0, 0.05) is 12.6 Å². The van der Waals surface area contributed by atoms with Gasteiger partial charge in [-0.15, -0.1) is 0 Å². The predicted octanol–water partition coefficient (Wildman–Crippen LogP) is 4.08. The number of nitrogens with one attached hydrogen (secondary N) is 1. The van der Waals surface area contributed by atoms with Crippen molar-refractivity contribution in [3.05, 3.63) is 40.1 Å². The van der Waals surface area contributed by atoms with Gasteiger partial charge in [-0.25, -0.2) is 13.8 Å². The number of aryl methyl sites for hydroxylation is 1. The molecule has 1 aliphatic rings. The molecule has 1 saturated heterocycles. The molecule has 0 amide bonds.